The summed E-state index contributed by atoms with van der Waals surface area (Å²) in [6, 6.07) is 14.3. The number of hydrogen-bond donors (Lipinski definition) is 1. The molecule has 3 rings (SSSR count). The molecule has 1 saturated heterocycles. The van der Waals surface area contributed by atoms with Crippen molar-refractivity contribution in [3.63, 3.8) is 0 Å². The van der Waals surface area contributed by atoms with E-state index in [1.807, 2.05) is 24.3 Å². The van der Waals surface area contributed by atoms with E-state index in [9.17, 15) is 4.79 Å². The minimum absolute atomic E-state index is 0.0926. The second-order valence-electron chi connectivity index (χ2n) is 5.52. The van der Waals surface area contributed by atoms with Gasteiger partial charge in [0, 0.05) is 24.2 Å². The fourth-order valence-electron chi connectivity index (χ4n) is 2.71. The first-order valence-electron chi connectivity index (χ1n) is 7.82. The van der Waals surface area contributed by atoms with Crippen LogP contribution < -0.4 is 5.32 Å². The number of fused-ring (bicyclic) bond motifs is 1. The van der Waals surface area contributed by atoms with Gasteiger partial charge in [0.15, 0.2) is 0 Å². The van der Waals surface area contributed by atoms with Crippen LogP contribution in [-0.2, 0) is 14.3 Å². The molecule has 4 nitrogen and oxygen atoms in total. The maximum absolute atomic E-state index is 11.7. The molecular weight excluding hydrogens is 278 g/mol. The zero-order valence-corrected chi connectivity index (χ0v) is 12.6. The Hall–Kier alpha value is -2.07. The summed E-state index contributed by atoms with van der Waals surface area (Å²) in [4.78, 5) is 11.7. The van der Waals surface area contributed by atoms with Gasteiger partial charge in [-0.25, -0.2) is 0 Å². The van der Waals surface area contributed by atoms with Crippen LogP contribution in [0.5, 0.6) is 0 Å². The third-order valence-electron chi connectivity index (χ3n) is 3.89. The van der Waals surface area contributed by atoms with E-state index in [1.165, 1.54) is 5.39 Å². The molecule has 1 N–H and O–H groups in total. The predicted molar refractivity (Wildman–Crippen MR) is 87.0 cm³/mol. The van der Waals surface area contributed by atoms with E-state index in [1.54, 1.807) is 0 Å². The normalized spacial score (nSPS) is 17.5. The number of nitrogens with one attached hydrogen (secondary N) is 1. The fourth-order valence-corrected chi connectivity index (χ4v) is 2.71. The van der Waals surface area contributed by atoms with Crippen LogP contribution in [0.15, 0.2) is 42.5 Å². The molecule has 0 aliphatic carbocycles. The average Bonchev–Trinajstić information content (AvgIpc) is 3.07. The molecule has 0 amide bonds. The number of anilines is 1. The van der Waals surface area contributed by atoms with Crippen molar-refractivity contribution in [2.45, 2.75) is 25.4 Å². The van der Waals surface area contributed by atoms with Crippen LogP contribution in [0, 0.1) is 0 Å². The van der Waals surface area contributed by atoms with Crippen molar-refractivity contribution in [2.75, 3.05) is 25.1 Å². The van der Waals surface area contributed by atoms with Gasteiger partial charge in [-0.1, -0.05) is 36.4 Å². The lowest BCUT2D eigenvalue weighted by atomic mass is 10.1. The van der Waals surface area contributed by atoms with E-state index in [2.05, 4.69) is 23.5 Å². The Labute approximate surface area is 130 Å². The van der Waals surface area contributed by atoms with Crippen molar-refractivity contribution in [3.8, 4) is 0 Å². The molecule has 116 valence electrons. The molecule has 0 aromatic heterocycles. The first kappa shape index (κ1) is 14.9. The Morgan fingerprint density at radius 3 is 2.95 bits per heavy atom. The SMILES string of the molecule is O=C(CCNc1cccc2ccccc12)OCC1CCCO1. The highest BCUT2D eigenvalue weighted by Gasteiger charge is 2.17. The van der Waals surface area contributed by atoms with Crippen molar-refractivity contribution < 1.29 is 14.3 Å². The summed E-state index contributed by atoms with van der Waals surface area (Å²) in [7, 11) is 0. The van der Waals surface area contributed by atoms with Crippen LogP contribution in [0.25, 0.3) is 10.8 Å². The lowest BCUT2D eigenvalue weighted by Crippen LogP contribution is -2.19. The molecule has 1 unspecified atom stereocenters. The number of esters is 1. The molecule has 22 heavy (non-hydrogen) atoms. The van der Waals surface area contributed by atoms with Crippen LogP contribution in [-0.4, -0.2) is 31.8 Å². The van der Waals surface area contributed by atoms with Gasteiger partial charge in [-0.15, -0.1) is 0 Å². The van der Waals surface area contributed by atoms with Gasteiger partial charge in [-0.3, -0.25) is 4.79 Å². The van der Waals surface area contributed by atoms with Crippen molar-refractivity contribution in [3.05, 3.63) is 42.5 Å². The van der Waals surface area contributed by atoms with E-state index >= 15 is 0 Å². The summed E-state index contributed by atoms with van der Waals surface area (Å²) < 4.78 is 10.7. The molecular formula is C18H21NO3. The quantitative estimate of drug-likeness (QED) is 0.831. The monoisotopic (exact) mass is 299 g/mol. The van der Waals surface area contributed by atoms with Crippen molar-refractivity contribution in [1.29, 1.82) is 0 Å². The van der Waals surface area contributed by atoms with Crippen molar-refractivity contribution in [2.24, 2.45) is 0 Å². The molecule has 0 spiro atoms. The maximum atomic E-state index is 11.7. The van der Waals surface area contributed by atoms with Crippen LogP contribution >= 0.6 is 0 Å². The predicted octanol–water partition coefficient (Wildman–Crippen LogP) is 3.36. The van der Waals surface area contributed by atoms with Gasteiger partial charge in [-0.2, -0.15) is 0 Å². The molecule has 2 aromatic rings. The number of rotatable bonds is 6. The Kier molecular flexibility index (Phi) is 4.91. The smallest absolute Gasteiger partial charge is 0.307 e. The van der Waals surface area contributed by atoms with Gasteiger partial charge < -0.3 is 14.8 Å². The highest BCUT2D eigenvalue weighted by Crippen LogP contribution is 2.22. The Balaban J connectivity index is 1.46. The van der Waals surface area contributed by atoms with E-state index < -0.39 is 0 Å². The standard InChI is InChI=1S/C18H21NO3/c20-18(22-13-15-7-4-12-21-15)10-11-19-17-9-3-6-14-5-1-2-8-16(14)17/h1-3,5-6,8-9,15,19H,4,7,10-13H2. The number of carbonyl (C=O) groups excluding carboxylic acids is 1. The largest absolute Gasteiger partial charge is 0.463 e. The number of ether oxygens (including phenoxy) is 2. The molecule has 1 heterocycles. The second kappa shape index (κ2) is 7.27. The highest BCUT2D eigenvalue weighted by molar-refractivity contribution is 5.93. The lowest BCUT2D eigenvalue weighted by Gasteiger charge is -2.11. The van der Waals surface area contributed by atoms with Gasteiger partial charge in [0.2, 0.25) is 0 Å². The molecule has 1 aliphatic heterocycles. The topological polar surface area (TPSA) is 47.6 Å². The highest BCUT2D eigenvalue weighted by atomic mass is 16.6. The summed E-state index contributed by atoms with van der Waals surface area (Å²) in [5, 5.41) is 5.67. The molecule has 1 fully saturated rings. The second-order valence-corrected chi connectivity index (χ2v) is 5.52. The Morgan fingerprint density at radius 1 is 1.23 bits per heavy atom. The minimum Gasteiger partial charge on any atom is -0.463 e. The van der Waals surface area contributed by atoms with Crippen LogP contribution in [0.2, 0.25) is 0 Å². The van der Waals surface area contributed by atoms with E-state index in [4.69, 9.17) is 9.47 Å². The number of hydrogen-bond acceptors (Lipinski definition) is 4. The molecule has 0 bridgehead atoms. The first-order chi connectivity index (χ1) is 10.8. The van der Waals surface area contributed by atoms with Gasteiger partial charge in [0.05, 0.1) is 12.5 Å². The van der Waals surface area contributed by atoms with E-state index in [-0.39, 0.29) is 12.1 Å². The van der Waals surface area contributed by atoms with Crippen LogP contribution in [0.3, 0.4) is 0 Å². The van der Waals surface area contributed by atoms with Gasteiger partial charge >= 0.3 is 5.97 Å². The third-order valence-corrected chi connectivity index (χ3v) is 3.89. The molecule has 0 saturated carbocycles. The minimum atomic E-state index is -0.178. The summed E-state index contributed by atoms with van der Waals surface area (Å²) in [6.45, 7) is 1.73. The fraction of sp³-hybridized carbons (Fsp3) is 0.389. The molecule has 1 atom stereocenters. The zero-order valence-electron chi connectivity index (χ0n) is 12.6. The average molecular weight is 299 g/mol. The summed E-state index contributed by atoms with van der Waals surface area (Å²) in [6.07, 6.45) is 2.50. The first-order valence-corrected chi connectivity index (χ1v) is 7.82. The number of carbonyl (C=O) groups is 1. The lowest BCUT2D eigenvalue weighted by molar-refractivity contribution is -0.146. The van der Waals surface area contributed by atoms with E-state index in [0.717, 1.165) is 30.5 Å². The zero-order chi connectivity index (χ0) is 15.2. The molecule has 0 radical (unpaired) electrons. The van der Waals surface area contributed by atoms with Gasteiger partial charge in [-0.05, 0) is 24.3 Å². The Morgan fingerprint density at radius 2 is 2.09 bits per heavy atom. The van der Waals surface area contributed by atoms with E-state index in [0.29, 0.717) is 19.6 Å². The molecule has 4 heteroatoms. The Bertz CT molecular complexity index is 630. The third kappa shape index (κ3) is 3.77. The summed E-state index contributed by atoms with van der Waals surface area (Å²) in [5.74, 6) is -0.178. The van der Waals surface area contributed by atoms with Crippen molar-refractivity contribution in [1.82, 2.24) is 0 Å². The van der Waals surface area contributed by atoms with Crippen LogP contribution in [0.1, 0.15) is 19.3 Å². The number of benzene rings is 2. The molecule has 2 aromatic carbocycles. The van der Waals surface area contributed by atoms with Gasteiger partial charge in [0.1, 0.15) is 6.61 Å². The molecule has 1 aliphatic rings. The van der Waals surface area contributed by atoms with Crippen molar-refractivity contribution >= 4 is 22.4 Å². The van der Waals surface area contributed by atoms with Crippen LogP contribution in [0.4, 0.5) is 5.69 Å². The maximum Gasteiger partial charge on any atom is 0.307 e. The summed E-state index contributed by atoms with van der Waals surface area (Å²) in [5.41, 5.74) is 1.05. The summed E-state index contributed by atoms with van der Waals surface area (Å²) >= 11 is 0. The van der Waals surface area contributed by atoms with Gasteiger partial charge in [0.25, 0.3) is 0 Å².